The minimum absolute atomic E-state index is 0.288. The summed E-state index contributed by atoms with van der Waals surface area (Å²) in [4.78, 5) is 12.2. The smallest absolute Gasteiger partial charge is 0.255 e. The maximum atomic E-state index is 13.2. The third-order valence-corrected chi connectivity index (χ3v) is 3.17. The molecule has 0 spiro atoms. The van der Waals surface area contributed by atoms with Gasteiger partial charge in [-0.3, -0.25) is 4.79 Å². The van der Waals surface area contributed by atoms with Crippen molar-refractivity contribution in [3.8, 4) is 5.75 Å². The number of halogens is 2. The van der Waals surface area contributed by atoms with Crippen LogP contribution in [0.15, 0.2) is 42.5 Å². The van der Waals surface area contributed by atoms with Crippen molar-refractivity contribution in [2.75, 3.05) is 11.9 Å². The van der Waals surface area contributed by atoms with E-state index in [-0.39, 0.29) is 5.91 Å². The lowest BCUT2D eigenvalue weighted by molar-refractivity contribution is 0.102. The van der Waals surface area contributed by atoms with Crippen LogP contribution in [0.2, 0.25) is 0 Å². The predicted molar refractivity (Wildman–Crippen MR) is 81.5 cm³/mol. The predicted octanol–water partition coefficient (Wildman–Crippen LogP) is 4.22. The van der Waals surface area contributed by atoms with Crippen LogP contribution in [0.25, 0.3) is 0 Å². The maximum Gasteiger partial charge on any atom is 0.255 e. The first-order valence-corrected chi connectivity index (χ1v) is 7.06. The minimum Gasteiger partial charge on any atom is -0.492 e. The molecule has 2 aromatic rings. The van der Waals surface area contributed by atoms with Gasteiger partial charge in [-0.05, 0) is 36.8 Å². The van der Waals surface area contributed by atoms with Gasteiger partial charge in [-0.1, -0.05) is 12.1 Å². The van der Waals surface area contributed by atoms with Crippen LogP contribution in [-0.4, -0.2) is 12.5 Å². The van der Waals surface area contributed by atoms with E-state index in [1.54, 1.807) is 31.2 Å². The van der Waals surface area contributed by atoms with Crippen molar-refractivity contribution in [2.24, 2.45) is 0 Å². The summed E-state index contributed by atoms with van der Waals surface area (Å²) in [6.45, 7) is 2.18. The summed E-state index contributed by atoms with van der Waals surface area (Å²) in [6.07, 6.45) is 0. The lowest BCUT2D eigenvalue weighted by Crippen LogP contribution is -2.13. The van der Waals surface area contributed by atoms with E-state index in [2.05, 4.69) is 5.32 Å². The standard InChI is InChI=1S/C16H15ClFNO2/c1-2-21-15-9-13(18)7-8-14(15)19-16(20)12-5-3-11(10-17)4-6-12/h3-9H,2,10H2,1H3,(H,19,20). The van der Waals surface area contributed by atoms with Crippen molar-refractivity contribution >= 4 is 23.2 Å². The molecule has 0 saturated carbocycles. The average Bonchev–Trinajstić information content (AvgIpc) is 2.50. The van der Waals surface area contributed by atoms with Crippen molar-refractivity contribution in [3.05, 3.63) is 59.4 Å². The fraction of sp³-hybridized carbons (Fsp3) is 0.188. The molecule has 5 heteroatoms. The molecular weight excluding hydrogens is 293 g/mol. The van der Waals surface area contributed by atoms with Crippen molar-refractivity contribution in [2.45, 2.75) is 12.8 Å². The first-order chi connectivity index (χ1) is 10.1. The van der Waals surface area contributed by atoms with Gasteiger partial charge >= 0.3 is 0 Å². The van der Waals surface area contributed by atoms with E-state index in [9.17, 15) is 9.18 Å². The van der Waals surface area contributed by atoms with Crippen LogP contribution in [0.4, 0.5) is 10.1 Å². The minimum atomic E-state index is -0.414. The van der Waals surface area contributed by atoms with Gasteiger partial charge in [0, 0.05) is 17.5 Å². The molecule has 21 heavy (non-hydrogen) atoms. The summed E-state index contributed by atoms with van der Waals surface area (Å²) in [7, 11) is 0. The lowest BCUT2D eigenvalue weighted by atomic mass is 10.1. The Morgan fingerprint density at radius 1 is 1.24 bits per heavy atom. The van der Waals surface area contributed by atoms with E-state index in [4.69, 9.17) is 16.3 Å². The van der Waals surface area contributed by atoms with Crippen molar-refractivity contribution in [1.82, 2.24) is 0 Å². The number of hydrogen-bond acceptors (Lipinski definition) is 2. The fourth-order valence-electron chi connectivity index (χ4n) is 1.81. The van der Waals surface area contributed by atoms with E-state index in [1.165, 1.54) is 18.2 Å². The highest BCUT2D eigenvalue weighted by atomic mass is 35.5. The van der Waals surface area contributed by atoms with Crippen molar-refractivity contribution in [3.63, 3.8) is 0 Å². The Kier molecular flexibility index (Phi) is 5.17. The van der Waals surface area contributed by atoms with Crippen LogP contribution < -0.4 is 10.1 Å². The first kappa shape index (κ1) is 15.3. The van der Waals surface area contributed by atoms with Gasteiger partial charge in [0.25, 0.3) is 5.91 Å². The summed E-state index contributed by atoms with van der Waals surface area (Å²) in [6, 6.07) is 11.0. The van der Waals surface area contributed by atoms with Gasteiger partial charge < -0.3 is 10.1 Å². The topological polar surface area (TPSA) is 38.3 Å². The highest BCUT2D eigenvalue weighted by Gasteiger charge is 2.11. The number of anilines is 1. The van der Waals surface area contributed by atoms with Gasteiger partial charge in [-0.15, -0.1) is 11.6 Å². The quantitative estimate of drug-likeness (QED) is 0.840. The zero-order chi connectivity index (χ0) is 15.2. The van der Waals surface area contributed by atoms with Crippen LogP contribution >= 0.6 is 11.6 Å². The van der Waals surface area contributed by atoms with E-state index in [0.717, 1.165) is 5.56 Å². The molecule has 0 bridgehead atoms. The molecule has 2 aromatic carbocycles. The molecule has 0 unspecified atom stereocenters. The number of benzene rings is 2. The number of carbonyl (C=O) groups is 1. The van der Waals surface area contributed by atoms with Crippen molar-refractivity contribution in [1.29, 1.82) is 0 Å². The Bertz CT molecular complexity index is 629. The van der Waals surface area contributed by atoms with Crippen LogP contribution in [-0.2, 0) is 5.88 Å². The number of ether oxygens (including phenoxy) is 1. The first-order valence-electron chi connectivity index (χ1n) is 6.52. The highest BCUT2D eigenvalue weighted by molar-refractivity contribution is 6.17. The number of amides is 1. The molecule has 1 amide bonds. The Labute approximate surface area is 127 Å². The molecule has 0 aromatic heterocycles. The van der Waals surface area contributed by atoms with Crippen LogP contribution in [0, 0.1) is 5.82 Å². The largest absolute Gasteiger partial charge is 0.492 e. The molecule has 0 saturated heterocycles. The van der Waals surface area contributed by atoms with Crippen LogP contribution in [0.1, 0.15) is 22.8 Å². The number of rotatable bonds is 5. The van der Waals surface area contributed by atoms with E-state index >= 15 is 0 Å². The molecule has 0 atom stereocenters. The Hall–Kier alpha value is -2.07. The second kappa shape index (κ2) is 7.09. The molecule has 0 aliphatic heterocycles. The Morgan fingerprint density at radius 3 is 2.57 bits per heavy atom. The van der Waals surface area contributed by atoms with Gasteiger partial charge in [0.15, 0.2) is 0 Å². The average molecular weight is 308 g/mol. The molecule has 0 aliphatic rings. The fourth-order valence-corrected chi connectivity index (χ4v) is 1.99. The molecule has 0 radical (unpaired) electrons. The molecule has 0 fully saturated rings. The number of carbonyl (C=O) groups excluding carboxylic acids is 1. The number of alkyl halides is 1. The summed E-state index contributed by atoms with van der Waals surface area (Å²) in [5, 5.41) is 2.71. The lowest BCUT2D eigenvalue weighted by Gasteiger charge is -2.11. The van der Waals surface area contributed by atoms with Gasteiger partial charge in [0.1, 0.15) is 11.6 Å². The molecule has 3 nitrogen and oxygen atoms in total. The molecule has 0 aliphatic carbocycles. The second-order valence-electron chi connectivity index (χ2n) is 4.36. The SMILES string of the molecule is CCOc1cc(F)ccc1NC(=O)c1ccc(CCl)cc1. The monoisotopic (exact) mass is 307 g/mol. The zero-order valence-electron chi connectivity index (χ0n) is 11.5. The Balaban J connectivity index is 2.18. The normalized spacial score (nSPS) is 10.2. The summed E-state index contributed by atoms with van der Waals surface area (Å²) in [5.74, 6) is 0.00349. The molecule has 2 rings (SSSR count). The molecule has 110 valence electrons. The summed E-state index contributed by atoms with van der Waals surface area (Å²) >= 11 is 5.71. The molecule has 1 N–H and O–H groups in total. The molecule has 0 heterocycles. The summed E-state index contributed by atoms with van der Waals surface area (Å²) in [5.41, 5.74) is 1.87. The van der Waals surface area contributed by atoms with E-state index in [1.807, 2.05) is 0 Å². The Morgan fingerprint density at radius 2 is 1.95 bits per heavy atom. The van der Waals surface area contributed by atoms with E-state index < -0.39 is 5.82 Å². The van der Waals surface area contributed by atoms with Gasteiger partial charge in [0.2, 0.25) is 0 Å². The highest BCUT2D eigenvalue weighted by Crippen LogP contribution is 2.26. The molecular formula is C16H15ClFNO2. The van der Waals surface area contributed by atoms with Crippen LogP contribution in [0.3, 0.4) is 0 Å². The third kappa shape index (κ3) is 3.95. The van der Waals surface area contributed by atoms with E-state index in [0.29, 0.717) is 29.5 Å². The summed E-state index contributed by atoms with van der Waals surface area (Å²) < 4.78 is 18.5. The number of hydrogen-bond donors (Lipinski definition) is 1. The maximum absolute atomic E-state index is 13.2. The van der Waals surface area contributed by atoms with Crippen molar-refractivity contribution < 1.29 is 13.9 Å². The second-order valence-corrected chi connectivity index (χ2v) is 4.63. The van der Waals surface area contributed by atoms with Crippen LogP contribution in [0.5, 0.6) is 5.75 Å². The van der Waals surface area contributed by atoms with Gasteiger partial charge in [-0.25, -0.2) is 4.39 Å². The number of nitrogens with one attached hydrogen (secondary N) is 1. The van der Waals surface area contributed by atoms with Gasteiger partial charge in [0.05, 0.1) is 12.3 Å². The third-order valence-electron chi connectivity index (χ3n) is 2.86. The zero-order valence-corrected chi connectivity index (χ0v) is 12.3. The van der Waals surface area contributed by atoms with Gasteiger partial charge in [-0.2, -0.15) is 0 Å².